The van der Waals surface area contributed by atoms with Gasteiger partial charge in [-0.15, -0.1) is 0 Å². The molecule has 1 aromatic heterocycles. The molecule has 2 rings (SSSR count). The fourth-order valence-corrected chi connectivity index (χ4v) is 2.77. The Kier molecular flexibility index (Phi) is 6.19. The van der Waals surface area contributed by atoms with E-state index >= 15 is 0 Å². The highest BCUT2D eigenvalue weighted by atomic mass is 16.6. The van der Waals surface area contributed by atoms with Crippen molar-refractivity contribution in [3.8, 4) is 11.1 Å². The number of nitro groups is 1. The highest BCUT2D eigenvalue weighted by molar-refractivity contribution is 6.07. The molecule has 0 atom stereocenters. The SMILES string of the molecule is COCCOC(=O)c1c(C)nc(C)c(C(=O)O)c1-c1ccccc1[N+](=O)[O-]. The Morgan fingerprint density at radius 2 is 1.78 bits per heavy atom. The van der Waals surface area contributed by atoms with Crippen LogP contribution in [-0.2, 0) is 9.47 Å². The second-order valence-corrected chi connectivity index (χ2v) is 5.62. The lowest BCUT2D eigenvalue weighted by Crippen LogP contribution is -2.17. The van der Waals surface area contributed by atoms with Crippen molar-refractivity contribution >= 4 is 17.6 Å². The molecule has 0 aliphatic rings. The molecule has 0 aliphatic carbocycles. The third-order valence-corrected chi connectivity index (χ3v) is 3.87. The van der Waals surface area contributed by atoms with E-state index < -0.39 is 16.9 Å². The van der Waals surface area contributed by atoms with E-state index in [1.54, 1.807) is 0 Å². The van der Waals surface area contributed by atoms with Crippen molar-refractivity contribution in [3.05, 3.63) is 56.9 Å². The van der Waals surface area contributed by atoms with Crippen LogP contribution in [0.25, 0.3) is 11.1 Å². The minimum Gasteiger partial charge on any atom is -0.478 e. The van der Waals surface area contributed by atoms with Crippen LogP contribution >= 0.6 is 0 Å². The molecule has 0 fully saturated rings. The number of hydrogen-bond donors (Lipinski definition) is 1. The lowest BCUT2D eigenvalue weighted by Gasteiger charge is -2.16. The Hall–Kier alpha value is -3.33. The molecule has 0 aliphatic heterocycles. The molecular formula is C18H18N2O7. The Morgan fingerprint density at radius 1 is 1.15 bits per heavy atom. The second-order valence-electron chi connectivity index (χ2n) is 5.62. The van der Waals surface area contributed by atoms with E-state index in [-0.39, 0.29) is 52.5 Å². The van der Waals surface area contributed by atoms with Gasteiger partial charge in [0.15, 0.2) is 0 Å². The predicted octanol–water partition coefficient (Wildman–Crippen LogP) is 2.78. The number of esters is 1. The number of benzene rings is 1. The van der Waals surface area contributed by atoms with Gasteiger partial charge in [-0.3, -0.25) is 15.1 Å². The number of carboxylic acids is 1. The van der Waals surface area contributed by atoms with Crippen LogP contribution in [0.15, 0.2) is 24.3 Å². The number of rotatable bonds is 7. The quantitative estimate of drug-likeness (QED) is 0.339. The third-order valence-electron chi connectivity index (χ3n) is 3.87. The number of carbonyl (C=O) groups excluding carboxylic acids is 1. The summed E-state index contributed by atoms with van der Waals surface area (Å²) in [6.07, 6.45) is 0. The maximum Gasteiger partial charge on any atom is 0.340 e. The number of aromatic nitrogens is 1. The van der Waals surface area contributed by atoms with E-state index in [2.05, 4.69) is 4.98 Å². The van der Waals surface area contributed by atoms with Crippen LogP contribution in [0.3, 0.4) is 0 Å². The van der Waals surface area contributed by atoms with Gasteiger partial charge in [0.1, 0.15) is 6.61 Å². The average molecular weight is 374 g/mol. The molecule has 0 radical (unpaired) electrons. The van der Waals surface area contributed by atoms with Crippen LogP contribution in [0, 0.1) is 24.0 Å². The fourth-order valence-electron chi connectivity index (χ4n) is 2.77. The highest BCUT2D eigenvalue weighted by Crippen LogP contribution is 2.37. The zero-order valence-electron chi connectivity index (χ0n) is 15.0. The zero-order valence-corrected chi connectivity index (χ0v) is 15.0. The third kappa shape index (κ3) is 4.09. The van der Waals surface area contributed by atoms with Crippen molar-refractivity contribution in [2.24, 2.45) is 0 Å². The van der Waals surface area contributed by atoms with E-state index in [1.807, 2.05) is 0 Å². The minimum atomic E-state index is -1.35. The minimum absolute atomic E-state index is 0.00666. The molecule has 142 valence electrons. The Bertz CT molecular complexity index is 909. The molecule has 0 saturated carbocycles. The molecule has 0 amide bonds. The number of nitro benzene ring substituents is 1. The Morgan fingerprint density at radius 3 is 2.37 bits per heavy atom. The summed E-state index contributed by atoms with van der Waals surface area (Å²) >= 11 is 0. The maximum atomic E-state index is 12.6. The standard InChI is InChI=1S/C18H18N2O7/c1-10-14(17(21)22)16(12-6-4-5-7-13(12)20(24)25)15(11(2)19-10)18(23)27-9-8-26-3/h4-7H,8-9H2,1-3H3,(H,21,22). The second kappa shape index (κ2) is 8.37. The summed E-state index contributed by atoms with van der Waals surface area (Å²) in [6, 6.07) is 5.62. The molecule has 27 heavy (non-hydrogen) atoms. The molecule has 0 spiro atoms. The van der Waals surface area contributed by atoms with Crippen LogP contribution in [0.1, 0.15) is 32.1 Å². The average Bonchev–Trinajstić information content (AvgIpc) is 2.60. The first-order chi connectivity index (χ1) is 12.8. The predicted molar refractivity (Wildman–Crippen MR) is 94.9 cm³/mol. The van der Waals surface area contributed by atoms with Gasteiger partial charge >= 0.3 is 11.9 Å². The van der Waals surface area contributed by atoms with Gasteiger partial charge in [0.2, 0.25) is 0 Å². The molecule has 0 unspecified atom stereocenters. The van der Waals surface area contributed by atoms with Crippen LogP contribution in [-0.4, -0.2) is 47.3 Å². The number of para-hydroxylation sites is 1. The van der Waals surface area contributed by atoms with Crippen LogP contribution in [0.5, 0.6) is 0 Å². The first-order valence-electron chi connectivity index (χ1n) is 7.93. The summed E-state index contributed by atoms with van der Waals surface area (Å²) in [5, 5.41) is 21.1. The maximum absolute atomic E-state index is 12.6. The Balaban J connectivity index is 2.82. The van der Waals surface area contributed by atoms with E-state index in [4.69, 9.17) is 9.47 Å². The van der Waals surface area contributed by atoms with E-state index in [1.165, 1.54) is 45.2 Å². The summed E-state index contributed by atoms with van der Waals surface area (Å²) in [5.41, 5.74) is -0.447. The van der Waals surface area contributed by atoms with Crippen LogP contribution in [0.4, 0.5) is 5.69 Å². The number of methoxy groups -OCH3 is 1. The summed E-state index contributed by atoms with van der Waals surface area (Å²) < 4.78 is 9.95. The van der Waals surface area contributed by atoms with Crippen molar-refractivity contribution in [1.29, 1.82) is 0 Å². The number of hydrogen-bond acceptors (Lipinski definition) is 7. The van der Waals surface area contributed by atoms with Gasteiger partial charge in [-0.1, -0.05) is 12.1 Å². The fraction of sp³-hybridized carbons (Fsp3) is 0.278. The lowest BCUT2D eigenvalue weighted by atomic mass is 9.91. The largest absolute Gasteiger partial charge is 0.478 e. The first kappa shape index (κ1) is 20.0. The normalized spacial score (nSPS) is 10.5. The van der Waals surface area contributed by atoms with Crippen molar-refractivity contribution in [2.45, 2.75) is 13.8 Å². The number of ether oxygens (including phenoxy) is 2. The summed E-state index contributed by atoms with van der Waals surface area (Å²) in [6.45, 7) is 3.08. The van der Waals surface area contributed by atoms with Crippen molar-refractivity contribution in [1.82, 2.24) is 4.98 Å². The van der Waals surface area contributed by atoms with Crippen molar-refractivity contribution in [2.75, 3.05) is 20.3 Å². The molecule has 0 bridgehead atoms. The Labute approximate surface area is 154 Å². The van der Waals surface area contributed by atoms with Gasteiger partial charge in [0.05, 0.1) is 39.6 Å². The molecule has 1 N–H and O–H groups in total. The molecule has 1 aromatic carbocycles. The molecule has 1 heterocycles. The highest BCUT2D eigenvalue weighted by Gasteiger charge is 2.30. The van der Waals surface area contributed by atoms with Crippen molar-refractivity contribution < 1.29 is 29.1 Å². The summed E-state index contributed by atoms with van der Waals surface area (Å²) in [7, 11) is 1.44. The van der Waals surface area contributed by atoms with Crippen molar-refractivity contribution in [3.63, 3.8) is 0 Å². The molecule has 9 heteroatoms. The van der Waals surface area contributed by atoms with Crippen LogP contribution in [0.2, 0.25) is 0 Å². The number of carbonyl (C=O) groups is 2. The van der Waals surface area contributed by atoms with E-state index in [9.17, 15) is 24.8 Å². The number of carboxylic acid groups (broad SMARTS) is 1. The number of aromatic carboxylic acids is 1. The first-order valence-corrected chi connectivity index (χ1v) is 7.93. The van der Waals surface area contributed by atoms with E-state index in [0.29, 0.717) is 0 Å². The summed E-state index contributed by atoms with van der Waals surface area (Å²) in [4.78, 5) is 39.4. The number of pyridine rings is 1. The smallest absolute Gasteiger partial charge is 0.340 e. The van der Waals surface area contributed by atoms with Crippen LogP contribution < -0.4 is 0 Å². The molecule has 2 aromatic rings. The zero-order chi connectivity index (χ0) is 20.1. The lowest BCUT2D eigenvalue weighted by molar-refractivity contribution is -0.384. The summed E-state index contributed by atoms with van der Waals surface area (Å²) in [5.74, 6) is -2.17. The number of aryl methyl sites for hydroxylation is 2. The molecule has 0 saturated heterocycles. The monoisotopic (exact) mass is 374 g/mol. The molecular weight excluding hydrogens is 356 g/mol. The van der Waals surface area contributed by atoms with Gasteiger partial charge in [-0.25, -0.2) is 9.59 Å². The topological polar surface area (TPSA) is 129 Å². The van der Waals surface area contributed by atoms with Gasteiger partial charge in [0, 0.05) is 18.7 Å². The van der Waals surface area contributed by atoms with Gasteiger partial charge in [-0.05, 0) is 19.9 Å². The van der Waals surface area contributed by atoms with E-state index in [0.717, 1.165) is 0 Å². The number of nitrogens with zero attached hydrogens (tertiary/aromatic N) is 2. The van der Waals surface area contributed by atoms with Gasteiger partial charge in [-0.2, -0.15) is 0 Å². The van der Waals surface area contributed by atoms with Gasteiger partial charge in [0.25, 0.3) is 5.69 Å². The van der Waals surface area contributed by atoms with Gasteiger partial charge < -0.3 is 14.6 Å². The molecule has 9 nitrogen and oxygen atoms in total.